The quantitative estimate of drug-likeness (QED) is 0.626. The van der Waals surface area contributed by atoms with E-state index < -0.39 is 0 Å². The summed E-state index contributed by atoms with van der Waals surface area (Å²) in [6.07, 6.45) is 7.56. The van der Waals surface area contributed by atoms with E-state index >= 15 is 0 Å². The molecular weight excluding hydrogens is 293 g/mol. The molecule has 14 heavy (non-hydrogen) atoms. The van der Waals surface area contributed by atoms with Crippen molar-refractivity contribution in [3.63, 3.8) is 0 Å². The molecule has 0 aromatic carbocycles. The van der Waals surface area contributed by atoms with Gasteiger partial charge >= 0.3 is 0 Å². The lowest BCUT2D eigenvalue weighted by atomic mass is 10.2. The largest absolute Gasteiger partial charge is 0.298 e. The van der Waals surface area contributed by atoms with Crippen molar-refractivity contribution >= 4 is 28.9 Å². The van der Waals surface area contributed by atoms with Gasteiger partial charge in [0.1, 0.15) is 0 Å². The lowest BCUT2D eigenvalue weighted by Gasteiger charge is -2.02. The molecule has 70 valence electrons. The Morgan fingerprint density at radius 2 is 2.29 bits per heavy atom. The Morgan fingerprint density at radius 1 is 1.43 bits per heavy atom. The first-order valence-corrected chi connectivity index (χ1v) is 4.99. The summed E-state index contributed by atoms with van der Waals surface area (Å²) in [7, 11) is 0. The van der Waals surface area contributed by atoms with Gasteiger partial charge in [0.05, 0.1) is 21.7 Å². The number of hydrogen-bond acceptors (Lipinski definition) is 3. The van der Waals surface area contributed by atoms with Gasteiger partial charge in [-0.15, -0.1) is 0 Å². The standard InChI is InChI=1S/C9H6IN3O/c10-8-3-12-13(5-8)9-4-11-2-1-7(9)6-14/h1-6H. The zero-order valence-electron chi connectivity index (χ0n) is 7.09. The summed E-state index contributed by atoms with van der Waals surface area (Å²) in [5.74, 6) is 0. The molecule has 0 aliphatic rings. The van der Waals surface area contributed by atoms with Gasteiger partial charge < -0.3 is 0 Å². The van der Waals surface area contributed by atoms with Crippen molar-refractivity contribution in [1.82, 2.24) is 14.8 Å². The zero-order chi connectivity index (χ0) is 9.97. The fourth-order valence-corrected chi connectivity index (χ4v) is 1.51. The van der Waals surface area contributed by atoms with Gasteiger partial charge in [-0.3, -0.25) is 9.78 Å². The van der Waals surface area contributed by atoms with Gasteiger partial charge in [-0.1, -0.05) is 0 Å². The monoisotopic (exact) mass is 299 g/mol. The first-order valence-electron chi connectivity index (χ1n) is 3.91. The lowest BCUT2D eigenvalue weighted by molar-refractivity contribution is 0.112. The Bertz CT molecular complexity index is 467. The van der Waals surface area contributed by atoms with Gasteiger partial charge in [-0.2, -0.15) is 5.10 Å². The minimum atomic E-state index is 0.583. The molecule has 2 aromatic heterocycles. The summed E-state index contributed by atoms with van der Waals surface area (Å²) in [6, 6.07) is 1.66. The van der Waals surface area contributed by atoms with E-state index in [2.05, 4.69) is 32.7 Å². The second-order valence-corrected chi connectivity index (χ2v) is 3.90. The molecule has 0 aliphatic carbocycles. The number of carbonyl (C=O) groups is 1. The number of aromatic nitrogens is 3. The van der Waals surface area contributed by atoms with E-state index in [0.29, 0.717) is 11.3 Å². The Labute approximate surface area is 94.1 Å². The van der Waals surface area contributed by atoms with E-state index in [1.165, 1.54) is 0 Å². The summed E-state index contributed by atoms with van der Waals surface area (Å²) in [6.45, 7) is 0. The van der Waals surface area contributed by atoms with E-state index in [1.807, 2.05) is 6.20 Å². The smallest absolute Gasteiger partial charge is 0.152 e. The third-order valence-corrected chi connectivity index (χ3v) is 2.31. The van der Waals surface area contributed by atoms with Crippen LogP contribution in [0.2, 0.25) is 0 Å². The van der Waals surface area contributed by atoms with Crippen LogP contribution in [0.4, 0.5) is 0 Å². The number of aldehydes is 1. The SMILES string of the molecule is O=Cc1ccncc1-n1cc(I)cn1. The second-order valence-electron chi connectivity index (χ2n) is 2.66. The minimum Gasteiger partial charge on any atom is -0.298 e. The van der Waals surface area contributed by atoms with Crippen LogP contribution in [0.5, 0.6) is 0 Å². The van der Waals surface area contributed by atoms with Crippen LogP contribution in [0, 0.1) is 3.57 Å². The molecule has 2 aromatic rings. The molecule has 0 aliphatic heterocycles. The van der Waals surface area contributed by atoms with Crippen molar-refractivity contribution in [3.05, 3.63) is 40.0 Å². The molecule has 0 bridgehead atoms. The predicted molar refractivity (Wildman–Crippen MR) is 59.5 cm³/mol. The van der Waals surface area contributed by atoms with Crippen LogP contribution in [0.25, 0.3) is 5.69 Å². The van der Waals surface area contributed by atoms with Gasteiger partial charge in [0, 0.05) is 18.0 Å². The van der Waals surface area contributed by atoms with Crippen LogP contribution in [0.3, 0.4) is 0 Å². The van der Waals surface area contributed by atoms with Crippen LogP contribution in [0.1, 0.15) is 10.4 Å². The average Bonchev–Trinajstić information content (AvgIpc) is 2.65. The van der Waals surface area contributed by atoms with Crippen molar-refractivity contribution in [1.29, 1.82) is 0 Å². The Morgan fingerprint density at radius 3 is 2.93 bits per heavy atom. The summed E-state index contributed by atoms with van der Waals surface area (Å²) < 4.78 is 2.65. The van der Waals surface area contributed by atoms with Crippen molar-refractivity contribution in [2.45, 2.75) is 0 Å². The van der Waals surface area contributed by atoms with Crippen LogP contribution >= 0.6 is 22.6 Å². The fourth-order valence-electron chi connectivity index (χ4n) is 1.12. The number of rotatable bonds is 2. The van der Waals surface area contributed by atoms with E-state index in [-0.39, 0.29) is 0 Å². The van der Waals surface area contributed by atoms with Crippen molar-refractivity contribution in [3.8, 4) is 5.69 Å². The highest BCUT2D eigenvalue weighted by Crippen LogP contribution is 2.11. The van der Waals surface area contributed by atoms with Crippen molar-refractivity contribution in [2.24, 2.45) is 0 Å². The van der Waals surface area contributed by atoms with Crippen LogP contribution < -0.4 is 0 Å². The zero-order valence-corrected chi connectivity index (χ0v) is 9.25. The van der Waals surface area contributed by atoms with Gasteiger partial charge in [0.25, 0.3) is 0 Å². The van der Waals surface area contributed by atoms with Gasteiger partial charge in [0.15, 0.2) is 6.29 Å². The molecule has 0 radical (unpaired) electrons. The van der Waals surface area contributed by atoms with E-state index in [4.69, 9.17) is 0 Å². The fraction of sp³-hybridized carbons (Fsp3) is 0. The highest BCUT2D eigenvalue weighted by Gasteiger charge is 2.04. The Hall–Kier alpha value is -1.24. The first-order chi connectivity index (χ1) is 6.81. The van der Waals surface area contributed by atoms with Gasteiger partial charge in [-0.25, -0.2) is 4.68 Å². The molecule has 0 saturated carbocycles. The highest BCUT2D eigenvalue weighted by atomic mass is 127. The molecule has 0 saturated heterocycles. The highest BCUT2D eigenvalue weighted by molar-refractivity contribution is 14.1. The van der Waals surface area contributed by atoms with E-state index in [9.17, 15) is 4.79 Å². The van der Waals surface area contributed by atoms with Crippen LogP contribution in [-0.4, -0.2) is 21.1 Å². The summed E-state index contributed by atoms with van der Waals surface area (Å²) >= 11 is 2.16. The number of pyridine rings is 1. The molecule has 2 heterocycles. The van der Waals surface area contributed by atoms with Crippen LogP contribution in [0.15, 0.2) is 30.9 Å². The Kier molecular flexibility index (Phi) is 2.58. The topological polar surface area (TPSA) is 47.8 Å². The minimum absolute atomic E-state index is 0.583. The van der Waals surface area contributed by atoms with E-state index in [0.717, 1.165) is 9.86 Å². The Balaban J connectivity index is 2.55. The third-order valence-electron chi connectivity index (χ3n) is 1.76. The number of carbonyl (C=O) groups excluding carboxylic acids is 1. The molecule has 4 nitrogen and oxygen atoms in total. The maximum absolute atomic E-state index is 10.7. The number of halogens is 1. The second kappa shape index (κ2) is 3.87. The summed E-state index contributed by atoms with van der Waals surface area (Å²) in [5, 5.41) is 4.10. The van der Waals surface area contributed by atoms with Crippen molar-refractivity contribution in [2.75, 3.05) is 0 Å². The summed E-state index contributed by atoms with van der Waals surface area (Å²) in [5.41, 5.74) is 1.28. The first kappa shape index (κ1) is 9.32. The summed E-state index contributed by atoms with van der Waals surface area (Å²) in [4.78, 5) is 14.7. The van der Waals surface area contributed by atoms with Crippen LogP contribution in [-0.2, 0) is 0 Å². The molecular formula is C9H6IN3O. The molecule has 0 unspecified atom stereocenters. The van der Waals surface area contributed by atoms with Gasteiger partial charge in [0.2, 0.25) is 0 Å². The van der Waals surface area contributed by atoms with Gasteiger partial charge in [-0.05, 0) is 28.7 Å². The number of hydrogen-bond donors (Lipinski definition) is 0. The molecule has 0 N–H and O–H groups in total. The maximum atomic E-state index is 10.7. The maximum Gasteiger partial charge on any atom is 0.152 e. The van der Waals surface area contributed by atoms with E-state index in [1.54, 1.807) is 29.3 Å². The molecule has 0 amide bonds. The predicted octanol–water partition coefficient (Wildman–Crippen LogP) is 1.68. The number of nitrogens with zero attached hydrogens (tertiary/aromatic N) is 3. The molecule has 2 rings (SSSR count). The molecule has 0 fully saturated rings. The molecule has 0 spiro atoms. The van der Waals surface area contributed by atoms with Crippen molar-refractivity contribution < 1.29 is 4.79 Å². The molecule has 5 heteroatoms. The lowest BCUT2D eigenvalue weighted by Crippen LogP contribution is -1.99. The normalized spacial score (nSPS) is 10.1. The molecule has 0 atom stereocenters. The average molecular weight is 299 g/mol. The third kappa shape index (κ3) is 1.67.